The van der Waals surface area contributed by atoms with Gasteiger partial charge in [0.1, 0.15) is 0 Å². The van der Waals surface area contributed by atoms with Crippen LogP contribution >= 0.6 is 0 Å². The number of rotatable bonds is 1. The van der Waals surface area contributed by atoms with Gasteiger partial charge in [-0.3, -0.25) is 0 Å². The number of hydrogen-bond acceptors (Lipinski definition) is 2. The lowest BCUT2D eigenvalue weighted by Gasteiger charge is -2.44. The van der Waals surface area contributed by atoms with E-state index in [1.165, 1.54) is 0 Å². The Morgan fingerprint density at radius 2 is 1.33 bits per heavy atom. The number of fused-ring (bicyclic) bond motifs is 2. The number of ether oxygens (including phenoxy) is 2. The predicted molar refractivity (Wildman–Crippen MR) is 46.9 cm³/mol. The molecule has 0 aromatic carbocycles. The molecular formula is C10H18O2. The van der Waals surface area contributed by atoms with Gasteiger partial charge < -0.3 is 9.47 Å². The fraction of sp³-hybridized carbons (Fsp3) is 1.00. The first-order valence-corrected chi connectivity index (χ1v) is 4.94. The van der Waals surface area contributed by atoms with Crippen molar-refractivity contribution in [2.75, 3.05) is 26.4 Å². The van der Waals surface area contributed by atoms with Gasteiger partial charge in [0.05, 0.1) is 26.4 Å². The topological polar surface area (TPSA) is 18.5 Å². The molecule has 12 heavy (non-hydrogen) atoms. The average Bonchev–Trinajstić information content (AvgIpc) is 2.02. The van der Waals surface area contributed by atoms with E-state index in [0.29, 0.717) is 11.8 Å². The van der Waals surface area contributed by atoms with E-state index < -0.39 is 0 Å². The van der Waals surface area contributed by atoms with Crippen molar-refractivity contribution >= 4 is 0 Å². The van der Waals surface area contributed by atoms with E-state index in [1.54, 1.807) is 0 Å². The van der Waals surface area contributed by atoms with Crippen molar-refractivity contribution in [3.8, 4) is 0 Å². The van der Waals surface area contributed by atoms with Crippen molar-refractivity contribution in [3.05, 3.63) is 0 Å². The van der Waals surface area contributed by atoms with E-state index in [1.807, 2.05) is 0 Å². The molecular weight excluding hydrogens is 152 g/mol. The van der Waals surface area contributed by atoms with E-state index in [-0.39, 0.29) is 0 Å². The molecule has 0 aromatic rings. The van der Waals surface area contributed by atoms with Crippen molar-refractivity contribution < 1.29 is 9.47 Å². The van der Waals surface area contributed by atoms with Crippen molar-refractivity contribution in [2.45, 2.75) is 13.8 Å². The highest BCUT2D eigenvalue weighted by Crippen LogP contribution is 2.36. The molecule has 0 unspecified atom stereocenters. The Hall–Kier alpha value is -0.0800. The molecule has 70 valence electrons. The van der Waals surface area contributed by atoms with Crippen LogP contribution in [0.1, 0.15) is 13.8 Å². The highest BCUT2D eigenvalue weighted by molar-refractivity contribution is 4.85. The summed E-state index contributed by atoms with van der Waals surface area (Å²) in [4.78, 5) is 0. The summed E-state index contributed by atoms with van der Waals surface area (Å²) < 4.78 is 11.1. The second kappa shape index (κ2) is 3.35. The molecule has 2 bridgehead atoms. The Morgan fingerprint density at radius 1 is 0.917 bits per heavy atom. The Morgan fingerprint density at radius 3 is 1.58 bits per heavy atom. The zero-order valence-electron chi connectivity index (χ0n) is 7.95. The Labute approximate surface area is 74.2 Å². The van der Waals surface area contributed by atoms with Crippen LogP contribution in [-0.2, 0) is 9.47 Å². The highest BCUT2D eigenvalue weighted by Gasteiger charge is 2.39. The molecule has 0 N–H and O–H groups in total. The summed E-state index contributed by atoms with van der Waals surface area (Å²) in [5.74, 6) is 2.95. The molecule has 0 radical (unpaired) electrons. The lowest BCUT2D eigenvalue weighted by Crippen LogP contribution is -2.46. The van der Waals surface area contributed by atoms with Crippen LogP contribution in [0.3, 0.4) is 0 Å². The molecule has 0 aliphatic carbocycles. The van der Waals surface area contributed by atoms with Crippen molar-refractivity contribution in [1.29, 1.82) is 0 Å². The predicted octanol–water partition coefficient (Wildman–Crippen LogP) is 1.55. The lowest BCUT2D eigenvalue weighted by atomic mass is 9.73. The number of hydrogen-bond donors (Lipinski definition) is 0. The summed E-state index contributed by atoms with van der Waals surface area (Å²) in [5.41, 5.74) is 0. The Kier molecular flexibility index (Phi) is 2.37. The zero-order chi connectivity index (χ0) is 8.55. The van der Waals surface area contributed by atoms with Crippen LogP contribution in [0.4, 0.5) is 0 Å². The van der Waals surface area contributed by atoms with Crippen molar-refractivity contribution in [2.24, 2.45) is 23.7 Å². The SMILES string of the molecule is CC(C)C1C2COCC1COC2. The van der Waals surface area contributed by atoms with Gasteiger partial charge in [0, 0.05) is 11.8 Å². The molecule has 0 atom stereocenters. The molecule has 2 rings (SSSR count). The van der Waals surface area contributed by atoms with Gasteiger partial charge in [-0.05, 0) is 11.8 Å². The fourth-order valence-electron chi connectivity index (χ4n) is 2.76. The van der Waals surface area contributed by atoms with E-state index >= 15 is 0 Å². The molecule has 2 heterocycles. The first-order chi connectivity index (χ1) is 5.79. The summed E-state index contributed by atoms with van der Waals surface area (Å²) in [5, 5.41) is 0. The molecule has 2 nitrogen and oxygen atoms in total. The second-order valence-corrected chi connectivity index (χ2v) is 4.42. The monoisotopic (exact) mass is 170 g/mol. The largest absolute Gasteiger partial charge is 0.381 e. The Balaban J connectivity index is 2.08. The normalized spacial score (nSPS) is 41.8. The molecule has 2 aliphatic rings. The minimum Gasteiger partial charge on any atom is -0.381 e. The van der Waals surface area contributed by atoms with E-state index in [0.717, 1.165) is 38.3 Å². The molecule has 0 amide bonds. The van der Waals surface area contributed by atoms with Gasteiger partial charge in [-0.25, -0.2) is 0 Å². The van der Waals surface area contributed by atoms with Crippen LogP contribution in [0.15, 0.2) is 0 Å². The summed E-state index contributed by atoms with van der Waals surface area (Å²) in [7, 11) is 0. The lowest BCUT2D eigenvalue weighted by molar-refractivity contribution is -0.139. The first kappa shape index (κ1) is 8.52. The van der Waals surface area contributed by atoms with Crippen LogP contribution in [0.25, 0.3) is 0 Å². The van der Waals surface area contributed by atoms with Crippen LogP contribution in [0.5, 0.6) is 0 Å². The minimum atomic E-state index is 0.664. The van der Waals surface area contributed by atoms with Gasteiger partial charge in [0.15, 0.2) is 0 Å². The molecule has 0 saturated carbocycles. The zero-order valence-corrected chi connectivity index (χ0v) is 7.95. The van der Waals surface area contributed by atoms with Crippen LogP contribution in [0, 0.1) is 23.7 Å². The van der Waals surface area contributed by atoms with E-state index in [2.05, 4.69) is 13.8 Å². The maximum absolute atomic E-state index is 5.54. The van der Waals surface area contributed by atoms with Crippen LogP contribution in [-0.4, -0.2) is 26.4 Å². The van der Waals surface area contributed by atoms with E-state index in [9.17, 15) is 0 Å². The average molecular weight is 170 g/mol. The molecule has 0 spiro atoms. The smallest absolute Gasteiger partial charge is 0.0519 e. The third-order valence-corrected chi connectivity index (χ3v) is 3.19. The standard InChI is InChI=1S/C10H18O2/c1-7(2)10-8-3-11-5-9(10)6-12-4-8/h7-10H,3-6H2,1-2H3. The highest BCUT2D eigenvalue weighted by atomic mass is 16.5. The summed E-state index contributed by atoms with van der Waals surface area (Å²) in [6.45, 7) is 8.31. The molecule has 2 saturated heterocycles. The van der Waals surface area contributed by atoms with E-state index in [4.69, 9.17) is 9.47 Å². The summed E-state index contributed by atoms with van der Waals surface area (Å²) in [6.07, 6.45) is 0. The minimum absolute atomic E-state index is 0.664. The Bertz CT molecular complexity index is 134. The third kappa shape index (κ3) is 1.38. The van der Waals surface area contributed by atoms with Gasteiger partial charge in [-0.1, -0.05) is 13.8 Å². The summed E-state index contributed by atoms with van der Waals surface area (Å²) in [6, 6.07) is 0. The molecule has 2 heteroatoms. The second-order valence-electron chi connectivity index (χ2n) is 4.42. The van der Waals surface area contributed by atoms with Crippen LogP contribution in [0.2, 0.25) is 0 Å². The molecule has 2 aliphatic heterocycles. The maximum atomic E-state index is 5.54. The van der Waals surface area contributed by atoms with Gasteiger partial charge in [-0.15, -0.1) is 0 Å². The van der Waals surface area contributed by atoms with Gasteiger partial charge in [-0.2, -0.15) is 0 Å². The maximum Gasteiger partial charge on any atom is 0.0519 e. The molecule has 0 aromatic heterocycles. The van der Waals surface area contributed by atoms with Crippen molar-refractivity contribution in [1.82, 2.24) is 0 Å². The first-order valence-electron chi connectivity index (χ1n) is 4.94. The summed E-state index contributed by atoms with van der Waals surface area (Å²) >= 11 is 0. The van der Waals surface area contributed by atoms with Crippen molar-refractivity contribution in [3.63, 3.8) is 0 Å². The quantitative estimate of drug-likeness (QED) is 0.594. The fourth-order valence-corrected chi connectivity index (χ4v) is 2.76. The third-order valence-electron chi connectivity index (χ3n) is 3.19. The van der Waals surface area contributed by atoms with Crippen LogP contribution < -0.4 is 0 Å². The van der Waals surface area contributed by atoms with Gasteiger partial charge in [0.2, 0.25) is 0 Å². The molecule has 2 fully saturated rings. The van der Waals surface area contributed by atoms with Gasteiger partial charge in [0.25, 0.3) is 0 Å². The van der Waals surface area contributed by atoms with Gasteiger partial charge >= 0.3 is 0 Å².